The predicted molar refractivity (Wildman–Crippen MR) is 131 cm³/mol. The van der Waals surface area contributed by atoms with Gasteiger partial charge in [-0.3, -0.25) is 0 Å². The zero-order chi connectivity index (χ0) is 21.1. The van der Waals surface area contributed by atoms with Crippen molar-refractivity contribution >= 4 is 32.7 Å². The number of para-hydroxylation sites is 3. The van der Waals surface area contributed by atoms with Gasteiger partial charge in [-0.25, -0.2) is 0 Å². The summed E-state index contributed by atoms with van der Waals surface area (Å²) < 4.78 is 6.86. The zero-order valence-corrected chi connectivity index (χ0v) is 18.1. The molecule has 3 heteroatoms. The van der Waals surface area contributed by atoms with Crippen LogP contribution < -0.4 is 0 Å². The number of nitrogens with zero attached hydrogens (tertiary/aromatic N) is 3. The van der Waals surface area contributed by atoms with Crippen LogP contribution in [0.3, 0.4) is 0 Å². The van der Waals surface area contributed by atoms with E-state index in [1.807, 2.05) is 0 Å². The third-order valence-corrected chi connectivity index (χ3v) is 6.71. The first-order valence-corrected chi connectivity index (χ1v) is 10.8. The van der Waals surface area contributed by atoms with Crippen LogP contribution in [-0.2, 0) is 27.6 Å². The molecule has 0 spiro atoms. The summed E-state index contributed by atoms with van der Waals surface area (Å²) in [6.07, 6.45) is 5.48. The van der Waals surface area contributed by atoms with Gasteiger partial charge in [-0.15, -0.1) is 0 Å². The van der Waals surface area contributed by atoms with Gasteiger partial charge in [0.2, 0.25) is 0 Å². The number of aryl methyl sites for hydroxylation is 3. The fourth-order valence-corrected chi connectivity index (χ4v) is 5.28. The summed E-state index contributed by atoms with van der Waals surface area (Å²) in [7, 11) is 6.48. The van der Waals surface area contributed by atoms with E-state index in [2.05, 4.69) is 120 Å². The third-order valence-electron chi connectivity index (χ3n) is 6.71. The molecule has 0 bridgehead atoms. The zero-order valence-electron chi connectivity index (χ0n) is 18.1. The number of fused-ring (bicyclic) bond motifs is 3. The van der Waals surface area contributed by atoms with E-state index in [-0.39, 0.29) is 0 Å². The Morgan fingerprint density at radius 2 is 1.13 bits per heavy atom. The number of rotatable bonds is 3. The summed E-state index contributed by atoms with van der Waals surface area (Å²) in [4.78, 5) is 0. The van der Waals surface area contributed by atoms with Crippen LogP contribution in [0.1, 0.15) is 11.1 Å². The Bertz CT molecular complexity index is 1590. The number of aromatic nitrogens is 3. The second-order valence-corrected chi connectivity index (χ2v) is 8.53. The van der Waals surface area contributed by atoms with Crippen molar-refractivity contribution in [3.8, 4) is 11.3 Å². The van der Waals surface area contributed by atoms with Crippen LogP contribution in [-0.4, -0.2) is 13.7 Å². The standard InChI is InChI=1S/C28H25N3/c1-29-17-19(20-10-4-7-13-25(20)29)16-23-21-11-6-9-15-27(21)31(3)28(23)24-18-30(2)26-14-8-5-12-22(24)26/h4-15,17-18H,16H2,1-3H3. The van der Waals surface area contributed by atoms with E-state index in [9.17, 15) is 0 Å². The Hall–Kier alpha value is -3.72. The van der Waals surface area contributed by atoms with Gasteiger partial charge >= 0.3 is 0 Å². The van der Waals surface area contributed by atoms with E-state index in [1.54, 1.807) is 0 Å². The Kier molecular flexibility index (Phi) is 3.87. The molecule has 0 saturated heterocycles. The molecular formula is C28H25N3. The lowest BCUT2D eigenvalue weighted by Gasteiger charge is -2.08. The maximum Gasteiger partial charge on any atom is 0.0546 e. The molecule has 0 saturated carbocycles. The average molecular weight is 404 g/mol. The van der Waals surface area contributed by atoms with Gasteiger partial charge < -0.3 is 13.7 Å². The summed E-state index contributed by atoms with van der Waals surface area (Å²) in [5, 5.41) is 3.97. The highest BCUT2D eigenvalue weighted by molar-refractivity contribution is 6.01. The predicted octanol–water partition coefficient (Wildman–Crippen LogP) is 6.42. The summed E-state index contributed by atoms with van der Waals surface area (Å²) in [5.41, 5.74) is 9.20. The highest BCUT2D eigenvalue weighted by Crippen LogP contribution is 2.39. The minimum absolute atomic E-state index is 0.904. The van der Waals surface area contributed by atoms with Crippen LogP contribution in [0.5, 0.6) is 0 Å². The second-order valence-electron chi connectivity index (χ2n) is 8.53. The van der Waals surface area contributed by atoms with Crippen molar-refractivity contribution in [1.82, 2.24) is 13.7 Å². The van der Waals surface area contributed by atoms with Crippen LogP contribution in [0.15, 0.2) is 85.2 Å². The van der Waals surface area contributed by atoms with Crippen LogP contribution in [0.4, 0.5) is 0 Å². The number of hydrogen-bond acceptors (Lipinski definition) is 0. The van der Waals surface area contributed by atoms with Crippen LogP contribution in [0.25, 0.3) is 44.0 Å². The molecule has 0 atom stereocenters. The number of benzene rings is 3. The minimum Gasteiger partial charge on any atom is -0.350 e. The molecule has 3 heterocycles. The Morgan fingerprint density at radius 1 is 0.581 bits per heavy atom. The van der Waals surface area contributed by atoms with Gasteiger partial charge in [0.05, 0.1) is 5.69 Å². The van der Waals surface area contributed by atoms with Gasteiger partial charge in [-0.1, -0.05) is 54.6 Å². The van der Waals surface area contributed by atoms with E-state index in [4.69, 9.17) is 0 Å². The lowest BCUT2D eigenvalue weighted by molar-refractivity contribution is 0.947. The molecule has 6 rings (SSSR count). The van der Waals surface area contributed by atoms with Gasteiger partial charge in [0.1, 0.15) is 0 Å². The van der Waals surface area contributed by atoms with Crippen LogP contribution in [0.2, 0.25) is 0 Å². The van der Waals surface area contributed by atoms with Crippen molar-refractivity contribution in [3.63, 3.8) is 0 Å². The normalized spacial score (nSPS) is 11.8. The quantitative estimate of drug-likeness (QED) is 0.324. The van der Waals surface area contributed by atoms with E-state index in [1.165, 1.54) is 55.1 Å². The van der Waals surface area contributed by atoms with Crippen molar-refractivity contribution in [2.45, 2.75) is 6.42 Å². The average Bonchev–Trinajstić information content (AvgIpc) is 3.40. The molecule has 3 aromatic carbocycles. The third kappa shape index (κ3) is 2.59. The summed E-state index contributed by atoms with van der Waals surface area (Å²) in [6.45, 7) is 0. The molecule has 3 nitrogen and oxygen atoms in total. The molecule has 0 N–H and O–H groups in total. The highest BCUT2D eigenvalue weighted by atomic mass is 15.0. The van der Waals surface area contributed by atoms with Gasteiger partial charge in [-0.05, 0) is 29.3 Å². The van der Waals surface area contributed by atoms with Gasteiger partial charge in [0.15, 0.2) is 0 Å². The fraction of sp³-hybridized carbons (Fsp3) is 0.143. The molecule has 31 heavy (non-hydrogen) atoms. The largest absolute Gasteiger partial charge is 0.350 e. The second kappa shape index (κ2) is 6.64. The molecule has 0 aliphatic rings. The molecule has 0 aliphatic heterocycles. The van der Waals surface area contributed by atoms with E-state index >= 15 is 0 Å². The van der Waals surface area contributed by atoms with Crippen molar-refractivity contribution in [2.75, 3.05) is 0 Å². The first-order valence-electron chi connectivity index (χ1n) is 10.8. The molecule has 6 aromatic rings. The van der Waals surface area contributed by atoms with Crippen molar-refractivity contribution in [3.05, 3.63) is 96.3 Å². The van der Waals surface area contributed by atoms with E-state index in [0.717, 1.165) is 6.42 Å². The summed E-state index contributed by atoms with van der Waals surface area (Å²) in [6, 6.07) is 26.2. The van der Waals surface area contributed by atoms with Crippen molar-refractivity contribution in [1.29, 1.82) is 0 Å². The maximum atomic E-state index is 2.37. The lowest BCUT2D eigenvalue weighted by Crippen LogP contribution is -1.95. The molecule has 0 unspecified atom stereocenters. The summed E-state index contributed by atoms with van der Waals surface area (Å²) in [5.74, 6) is 0. The highest BCUT2D eigenvalue weighted by Gasteiger charge is 2.21. The Labute approximate surface area is 181 Å². The Balaban J connectivity index is 1.66. The SMILES string of the molecule is Cn1cc(Cc2c(-c3cn(C)c4ccccc34)n(C)c3ccccc23)c2ccccc21. The van der Waals surface area contributed by atoms with Crippen LogP contribution >= 0.6 is 0 Å². The van der Waals surface area contributed by atoms with Gasteiger partial charge in [-0.2, -0.15) is 0 Å². The first kappa shape index (κ1) is 18.1. The van der Waals surface area contributed by atoms with Crippen LogP contribution in [0, 0.1) is 0 Å². The molecule has 3 aromatic heterocycles. The van der Waals surface area contributed by atoms with E-state index in [0.29, 0.717) is 0 Å². The fourth-order valence-electron chi connectivity index (χ4n) is 5.28. The Morgan fingerprint density at radius 3 is 1.87 bits per heavy atom. The first-order chi connectivity index (χ1) is 15.1. The monoisotopic (exact) mass is 403 g/mol. The molecule has 0 aliphatic carbocycles. The summed E-state index contributed by atoms with van der Waals surface area (Å²) >= 11 is 0. The molecular weight excluding hydrogens is 378 g/mol. The van der Waals surface area contributed by atoms with E-state index < -0.39 is 0 Å². The molecule has 0 radical (unpaired) electrons. The number of hydrogen-bond donors (Lipinski definition) is 0. The van der Waals surface area contributed by atoms with Crippen molar-refractivity contribution < 1.29 is 0 Å². The smallest absolute Gasteiger partial charge is 0.0546 e. The molecule has 0 amide bonds. The van der Waals surface area contributed by atoms with Crippen molar-refractivity contribution in [2.24, 2.45) is 21.1 Å². The molecule has 0 fully saturated rings. The van der Waals surface area contributed by atoms with Gasteiger partial charge in [0.25, 0.3) is 0 Å². The minimum atomic E-state index is 0.904. The maximum absolute atomic E-state index is 2.37. The molecule has 152 valence electrons. The lowest BCUT2D eigenvalue weighted by atomic mass is 9.98. The topological polar surface area (TPSA) is 14.8 Å². The van der Waals surface area contributed by atoms with Gasteiger partial charge in [0, 0.05) is 78.2 Å².